The SMILES string of the molecule is CN(C)c1ccc(-c2ccc(C(F)(F)CNC(=O)c3ccccc3C(F)(F)F)c(Cl)c2)cc1. The molecule has 0 aliphatic heterocycles. The van der Waals surface area contributed by atoms with Gasteiger partial charge < -0.3 is 10.2 Å². The molecule has 3 aromatic rings. The number of nitrogens with one attached hydrogen (secondary N) is 1. The number of amides is 1. The summed E-state index contributed by atoms with van der Waals surface area (Å²) in [6, 6.07) is 15.4. The number of halogens is 6. The van der Waals surface area contributed by atoms with E-state index in [0.717, 1.165) is 29.4 Å². The number of anilines is 1. The quantitative estimate of drug-likeness (QED) is 0.401. The van der Waals surface area contributed by atoms with Crippen molar-refractivity contribution in [3.63, 3.8) is 0 Å². The van der Waals surface area contributed by atoms with E-state index in [1.807, 2.05) is 48.6 Å². The Morgan fingerprint density at radius 3 is 2.06 bits per heavy atom. The normalized spacial score (nSPS) is 11.9. The second-order valence-corrected chi connectivity index (χ2v) is 7.97. The predicted molar refractivity (Wildman–Crippen MR) is 119 cm³/mol. The first-order valence-corrected chi connectivity index (χ1v) is 10.2. The van der Waals surface area contributed by atoms with E-state index in [-0.39, 0.29) is 5.02 Å². The van der Waals surface area contributed by atoms with E-state index in [1.165, 1.54) is 18.2 Å². The molecule has 0 saturated carbocycles. The molecule has 3 rings (SSSR count). The third-order valence-electron chi connectivity index (χ3n) is 5.03. The van der Waals surface area contributed by atoms with Crippen LogP contribution in [-0.2, 0) is 12.1 Å². The Bertz CT molecular complexity index is 1140. The smallest absolute Gasteiger partial charge is 0.378 e. The van der Waals surface area contributed by atoms with Crippen molar-refractivity contribution < 1.29 is 26.7 Å². The zero-order valence-electron chi connectivity index (χ0n) is 17.7. The lowest BCUT2D eigenvalue weighted by atomic mass is 10.0. The molecule has 0 bridgehead atoms. The highest BCUT2D eigenvalue weighted by molar-refractivity contribution is 6.31. The molecule has 0 unspecified atom stereocenters. The molecule has 0 aliphatic rings. The summed E-state index contributed by atoms with van der Waals surface area (Å²) in [5, 5.41) is 1.67. The highest BCUT2D eigenvalue weighted by atomic mass is 35.5. The summed E-state index contributed by atoms with van der Waals surface area (Å²) in [5.41, 5.74) is -0.114. The first-order valence-electron chi connectivity index (χ1n) is 9.80. The van der Waals surface area contributed by atoms with Gasteiger partial charge in [0.1, 0.15) is 0 Å². The number of benzene rings is 3. The molecule has 3 nitrogen and oxygen atoms in total. The fraction of sp³-hybridized carbons (Fsp3) is 0.208. The first-order chi connectivity index (χ1) is 15.4. The van der Waals surface area contributed by atoms with Gasteiger partial charge in [0, 0.05) is 25.3 Å². The van der Waals surface area contributed by atoms with Crippen molar-refractivity contribution >= 4 is 23.2 Å². The van der Waals surface area contributed by atoms with E-state index < -0.39 is 41.2 Å². The number of hydrogen-bond acceptors (Lipinski definition) is 2. The summed E-state index contributed by atoms with van der Waals surface area (Å²) in [5.74, 6) is -4.86. The average Bonchev–Trinajstić information content (AvgIpc) is 2.76. The fourth-order valence-electron chi connectivity index (χ4n) is 3.25. The zero-order valence-corrected chi connectivity index (χ0v) is 18.4. The Kier molecular flexibility index (Phi) is 6.97. The van der Waals surface area contributed by atoms with Crippen molar-refractivity contribution in [3.05, 3.63) is 88.4 Å². The van der Waals surface area contributed by atoms with Crippen molar-refractivity contribution in [1.29, 1.82) is 0 Å². The number of rotatable bonds is 6. The maximum atomic E-state index is 14.8. The Labute approximate surface area is 192 Å². The van der Waals surface area contributed by atoms with Gasteiger partial charge in [0.05, 0.1) is 22.7 Å². The molecule has 0 spiro atoms. The molecule has 33 heavy (non-hydrogen) atoms. The lowest BCUT2D eigenvalue weighted by molar-refractivity contribution is -0.137. The van der Waals surface area contributed by atoms with Crippen molar-refractivity contribution in [1.82, 2.24) is 5.32 Å². The van der Waals surface area contributed by atoms with E-state index in [9.17, 15) is 26.7 Å². The van der Waals surface area contributed by atoms with E-state index in [1.54, 1.807) is 0 Å². The van der Waals surface area contributed by atoms with Gasteiger partial charge in [-0.1, -0.05) is 48.0 Å². The summed E-state index contributed by atoms with van der Waals surface area (Å²) in [6.45, 7) is -1.21. The van der Waals surface area contributed by atoms with Crippen LogP contribution in [0.15, 0.2) is 66.7 Å². The Morgan fingerprint density at radius 1 is 0.879 bits per heavy atom. The van der Waals surface area contributed by atoms with Gasteiger partial charge in [-0.15, -0.1) is 0 Å². The molecule has 1 N–H and O–H groups in total. The van der Waals surface area contributed by atoms with Crippen LogP contribution in [0.25, 0.3) is 11.1 Å². The van der Waals surface area contributed by atoms with Gasteiger partial charge in [0.2, 0.25) is 0 Å². The number of carbonyl (C=O) groups is 1. The van der Waals surface area contributed by atoms with Crippen molar-refractivity contribution in [2.45, 2.75) is 12.1 Å². The van der Waals surface area contributed by atoms with Gasteiger partial charge >= 0.3 is 6.18 Å². The van der Waals surface area contributed by atoms with Crippen LogP contribution < -0.4 is 10.2 Å². The van der Waals surface area contributed by atoms with Gasteiger partial charge in [-0.05, 0) is 41.5 Å². The molecular formula is C24H20ClF5N2O. The summed E-state index contributed by atoms with van der Waals surface area (Å²) in [6.07, 6.45) is -4.79. The lowest BCUT2D eigenvalue weighted by Crippen LogP contribution is -2.36. The molecule has 0 radical (unpaired) electrons. The van der Waals surface area contributed by atoms with Crippen molar-refractivity contribution in [2.24, 2.45) is 0 Å². The summed E-state index contributed by atoms with van der Waals surface area (Å²) < 4.78 is 68.8. The van der Waals surface area contributed by atoms with Crippen LogP contribution in [0.4, 0.5) is 27.6 Å². The highest BCUT2D eigenvalue weighted by Gasteiger charge is 2.37. The van der Waals surface area contributed by atoms with E-state index in [0.29, 0.717) is 11.6 Å². The maximum Gasteiger partial charge on any atom is 0.417 e. The maximum absolute atomic E-state index is 14.8. The highest BCUT2D eigenvalue weighted by Crippen LogP contribution is 2.36. The van der Waals surface area contributed by atoms with Crippen LogP contribution in [0, 0.1) is 0 Å². The van der Waals surface area contributed by atoms with Crippen LogP contribution in [0.5, 0.6) is 0 Å². The average molecular weight is 483 g/mol. The number of carbonyl (C=O) groups excluding carboxylic acids is 1. The monoisotopic (exact) mass is 482 g/mol. The summed E-state index contributed by atoms with van der Waals surface area (Å²) in [7, 11) is 3.78. The first kappa shape index (κ1) is 24.5. The minimum atomic E-state index is -4.79. The Balaban J connectivity index is 1.77. The van der Waals surface area contributed by atoms with Crippen molar-refractivity contribution in [2.75, 3.05) is 25.5 Å². The van der Waals surface area contributed by atoms with Gasteiger partial charge in [-0.25, -0.2) is 0 Å². The molecule has 0 aromatic heterocycles. The molecular weight excluding hydrogens is 463 g/mol. The van der Waals surface area contributed by atoms with Crippen LogP contribution >= 0.6 is 11.6 Å². The van der Waals surface area contributed by atoms with Gasteiger partial charge in [-0.3, -0.25) is 4.79 Å². The largest absolute Gasteiger partial charge is 0.417 e. The molecule has 174 valence electrons. The lowest BCUT2D eigenvalue weighted by Gasteiger charge is -2.20. The molecule has 0 atom stereocenters. The van der Waals surface area contributed by atoms with E-state index >= 15 is 0 Å². The minimum Gasteiger partial charge on any atom is -0.378 e. The molecule has 3 aromatic carbocycles. The summed E-state index contributed by atoms with van der Waals surface area (Å²) in [4.78, 5) is 14.1. The van der Waals surface area contributed by atoms with Gasteiger partial charge in [-0.2, -0.15) is 22.0 Å². The third kappa shape index (κ3) is 5.63. The van der Waals surface area contributed by atoms with Crippen LogP contribution in [0.2, 0.25) is 5.02 Å². The summed E-state index contributed by atoms with van der Waals surface area (Å²) >= 11 is 6.11. The minimum absolute atomic E-state index is 0.223. The number of nitrogens with zero attached hydrogens (tertiary/aromatic N) is 1. The Hall–Kier alpha value is -3.13. The van der Waals surface area contributed by atoms with Crippen LogP contribution in [-0.4, -0.2) is 26.5 Å². The number of alkyl halides is 5. The van der Waals surface area contributed by atoms with E-state index in [4.69, 9.17) is 11.6 Å². The topological polar surface area (TPSA) is 32.3 Å². The molecule has 1 amide bonds. The van der Waals surface area contributed by atoms with Gasteiger partial charge in [0.15, 0.2) is 0 Å². The predicted octanol–water partition coefficient (Wildman–Crippen LogP) is 6.61. The second kappa shape index (κ2) is 9.39. The van der Waals surface area contributed by atoms with E-state index in [2.05, 4.69) is 0 Å². The Morgan fingerprint density at radius 2 is 1.48 bits per heavy atom. The fourth-order valence-corrected chi connectivity index (χ4v) is 3.57. The number of hydrogen-bond donors (Lipinski definition) is 1. The molecule has 0 aliphatic carbocycles. The third-order valence-corrected chi connectivity index (χ3v) is 5.34. The molecule has 9 heteroatoms. The van der Waals surface area contributed by atoms with Gasteiger partial charge in [0.25, 0.3) is 11.8 Å². The molecule has 0 saturated heterocycles. The van der Waals surface area contributed by atoms with Crippen molar-refractivity contribution in [3.8, 4) is 11.1 Å². The molecule has 0 heterocycles. The van der Waals surface area contributed by atoms with Crippen LogP contribution in [0.1, 0.15) is 21.5 Å². The van der Waals surface area contributed by atoms with Crippen LogP contribution in [0.3, 0.4) is 0 Å². The standard InChI is InChI=1S/C24H20ClF5N2O/c1-32(2)17-10-7-15(8-11-17)16-9-12-20(21(25)13-16)23(26,27)14-31-22(33)18-5-3-4-6-19(18)24(28,29)30/h3-13H,14H2,1-2H3,(H,31,33). The second-order valence-electron chi connectivity index (χ2n) is 7.57. The zero-order chi connectivity index (χ0) is 24.4. The molecule has 0 fully saturated rings.